The summed E-state index contributed by atoms with van der Waals surface area (Å²) < 4.78 is 26.3. The molecule has 0 aromatic heterocycles. The van der Waals surface area contributed by atoms with Crippen molar-refractivity contribution in [3.05, 3.63) is 41.0 Å². The third-order valence-corrected chi connectivity index (χ3v) is 2.68. The van der Waals surface area contributed by atoms with Gasteiger partial charge >= 0.3 is 0 Å². The average molecular weight is 253 g/mol. The van der Waals surface area contributed by atoms with Crippen molar-refractivity contribution in [2.45, 2.75) is 27.2 Å². The monoisotopic (exact) mass is 253 g/mol. The molecule has 0 amide bonds. The van der Waals surface area contributed by atoms with E-state index in [1.54, 1.807) is 6.08 Å². The van der Waals surface area contributed by atoms with E-state index in [9.17, 15) is 8.78 Å². The van der Waals surface area contributed by atoms with Gasteiger partial charge in [0.1, 0.15) is 11.6 Å². The van der Waals surface area contributed by atoms with Gasteiger partial charge in [-0.05, 0) is 31.0 Å². The lowest BCUT2D eigenvalue weighted by Crippen LogP contribution is -2.21. The molecule has 0 spiro atoms. The second kappa shape index (κ2) is 7.27. The molecule has 1 rings (SSSR count). The molecule has 0 aliphatic carbocycles. The Kier molecular flexibility index (Phi) is 5.99. The molecular weight excluding hydrogens is 232 g/mol. The molecule has 1 aromatic rings. The molecule has 0 atom stereocenters. The topological polar surface area (TPSA) is 12.0 Å². The van der Waals surface area contributed by atoms with E-state index in [1.807, 2.05) is 6.92 Å². The van der Waals surface area contributed by atoms with Gasteiger partial charge in [0.05, 0.1) is 0 Å². The normalized spacial score (nSPS) is 12.2. The Hall–Kier alpha value is -1.22. The number of halogens is 2. The molecule has 100 valence electrons. The van der Waals surface area contributed by atoms with E-state index in [2.05, 4.69) is 19.2 Å². The molecule has 1 N–H and O–H groups in total. The Labute approximate surface area is 108 Å². The second-order valence-electron chi connectivity index (χ2n) is 4.85. The van der Waals surface area contributed by atoms with Crippen LogP contribution in [0.3, 0.4) is 0 Å². The van der Waals surface area contributed by atoms with Crippen LogP contribution < -0.4 is 5.32 Å². The number of benzene rings is 1. The highest BCUT2D eigenvalue weighted by Crippen LogP contribution is 2.14. The van der Waals surface area contributed by atoms with Crippen molar-refractivity contribution in [2.75, 3.05) is 13.1 Å². The molecule has 1 aromatic carbocycles. The average Bonchev–Trinajstić information content (AvgIpc) is 2.30. The minimum absolute atomic E-state index is 0.444. The van der Waals surface area contributed by atoms with Crippen LogP contribution in [0.1, 0.15) is 32.8 Å². The van der Waals surface area contributed by atoms with Crippen molar-refractivity contribution in [3.63, 3.8) is 0 Å². The molecule has 1 nitrogen and oxygen atoms in total. The Morgan fingerprint density at radius 3 is 2.61 bits per heavy atom. The lowest BCUT2D eigenvalue weighted by molar-refractivity contribution is 0.568. The van der Waals surface area contributed by atoms with Crippen LogP contribution in [0, 0.1) is 17.6 Å². The van der Waals surface area contributed by atoms with E-state index in [4.69, 9.17) is 0 Å². The zero-order valence-corrected chi connectivity index (χ0v) is 11.3. The maximum Gasteiger partial charge on any atom is 0.133 e. The third-order valence-electron chi connectivity index (χ3n) is 2.68. The van der Waals surface area contributed by atoms with Gasteiger partial charge in [-0.15, -0.1) is 0 Å². The Morgan fingerprint density at radius 2 is 2.06 bits per heavy atom. The largest absolute Gasteiger partial charge is 0.313 e. The third kappa shape index (κ3) is 4.96. The molecule has 0 saturated heterocycles. The quantitative estimate of drug-likeness (QED) is 0.808. The van der Waals surface area contributed by atoms with Crippen molar-refractivity contribution in [1.82, 2.24) is 5.32 Å². The van der Waals surface area contributed by atoms with Crippen LogP contribution in [0.15, 0.2) is 23.8 Å². The molecular formula is C15H21F2N. The minimum Gasteiger partial charge on any atom is -0.313 e. The molecule has 3 heteroatoms. The minimum atomic E-state index is -0.541. The summed E-state index contributed by atoms with van der Waals surface area (Å²) in [6, 6.07) is 3.67. The summed E-state index contributed by atoms with van der Waals surface area (Å²) in [6.45, 7) is 7.99. The van der Waals surface area contributed by atoms with Crippen LogP contribution in [-0.2, 0) is 0 Å². The van der Waals surface area contributed by atoms with E-state index in [-0.39, 0.29) is 0 Å². The Morgan fingerprint density at radius 1 is 1.33 bits per heavy atom. The fraction of sp³-hybridized carbons (Fsp3) is 0.467. The maximum absolute atomic E-state index is 13.5. The lowest BCUT2D eigenvalue weighted by Gasteiger charge is -2.10. The van der Waals surface area contributed by atoms with Crippen LogP contribution in [0.2, 0.25) is 0 Å². The fourth-order valence-electron chi connectivity index (χ4n) is 1.64. The number of rotatable bonds is 6. The Balaban J connectivity index is 2.71. The summed E-state index contributed by atoms with van der Waals surface area (Å²) in [6.07, 6.45) is 2.64. The number of hydrogen-bond acceptors (Lipinski definition) is 1. The number of nitrogens with one attached hydrogen (secondary N) is 1. The van der Waals surface area contributed by atoms with Crippen LogP contribution in [0.5, 0.6) is 0 Å². The van der Waals surface area contributed by atoms with E-state index in [0.717, 1.165) is 31.1 Å². The highest BCUT2D eigenvalue weighted by Gasteiger charge is 2.03. The molecule has 0 unspecified atom stereocenters. The smallest absolute Gasteiger partial charge is 0.133 e. The summed E-state index contributed by atoms with van der Waals surface area (Å²) in [5.74, 6) is -0.462. The van der Waals surface area contributed by atoms with E-state index < -0.39 is 11.6 Å². The molecule has 0 radical (unpaired) electrons. The molecule has 0 saturated carbocycles. The lowest BCUT2D eigenvalue weighted by atomic mass is 10.1. The van der Waals surface area contributed by atoms with Crippen LogP contribution in [-0.4, -0.2) is 13.1 Å². The first-order valence-corrected chi connectivity index (χ1v) is 6.38. The molecule has 0 bridgehead atoms. The molecule has 0 aliphatic heterocycles. The predicted molar refractivity (Wildman–Crippen MR) is 72.3 cm³/mol. The summed E-state index contributed by atoms with van der Waals surface area (Å²) >= 11 is 0. The standard InChI is InChI=1S/C15H21F2N/c1-4-12(10-18-9-11(2)3)7-13-5-6-14(16)8-15(13)17/h5-8,11,18H,4,9-10H2,1-3H3. The Bertz CT molecular complexity index is 411. The van der Waals surface area contributed by atoms with Crippen molar-refractivity contribution in [3.8, 4) is 0 Å². The van der Waals surface area contributed by atoms with E-state index >= 15 is 0 Å². The van der Waals surface area contributed by atoms with Gasteiger partial charge in [0.2, 0.25) is 0 Å². The van der Waals surface area contributed by atoms with Crippen LogP contribution in [0.4, 0.5) is 8.78 Å². The summed E-state index contributed by atoms with van der Waals surface area (Å²) in [5, 5.41) is 3.32. The van der Waals surface area contributed by atoms with Gasteiger partial charge in [0.15, 0.2) is 0 Å². The second-order valence-corrected chi connectivity index (χ2v) is 4.85. The first-order chi connectivity index (χ1) is 8.52. The van der Waals surface area contributed by atoms with Gasteiger partial charge in [-0.25, -0.2) is 8.78 Å². The zero-order valence-electron chi connectivity index (χ0n) is 11.3. The molecule has 0 aliphatic rings. The zero-order chi connectivity index (χ0) is 13.5. The highest BCUT2D eigenvalue weighted by molar-refractivity contribution is 5.53. The van der Waals surface area contributed by atoms with Crippen LogP contribution >= 0.6 is 0 Å². The molecule has 0 heterocycles. The highest BCUT2D eigenvalue weighted by atomic mass is 19.1. The van der Waals surface area contributed by atoms with Crippen molar-refractivity contribution >= 4 is 6.08 Å². The van der Waals surface area contributed by atoms with Gasteiger partial charge in [0.25, 0.3) is 0 Å². The maximum atomic E-state index is 13.5. The summed E-state index contributed by atoms with van der Waals surface area (Å²) in [7, 11) is 0. The summed E-state index contributed by atoms with van der Waals surface area (Å²) in [4.78, 5) is 0. The molecule has 0 fully saturated rings. The van der Waals surface area contributed by atoms with E-state index in [0.29, 0.717) is 11.5 Å². The van der Waals surface area contributed by atoms with Gasteiger partial charge in [-0.2, -0.15) is 0 Å². The van der Waals surface area contributed by atoms with Gasteiger partial charge in [-0.1, -0.05) is 32.4 Å². The van der Waals surface area contributed by atoms with E-state index in [1.165, 1.54) is 12.1 Å². The predicted octanol–water partition coefficient (Wildman–Crippen LogP) is 4.00. The summed E-state index contributed by atoms with van der Waals surface area (Å²) in [5.41, 5.74) is 1.56. The first-order valence-electron chi connectivity index (χ1n) is 6.38. The van der Waals surface area contributed by atoms with Gasteiger partial charge in [0, 0.05) is 18.2 Å². The van der Waals surface area contributed by atoms with Gasteiger partial charge in [-0.3, -0.25) is 0 Å². The van der Waals surface area contributed by atoms with Crippen LogP contribution in [0.25, 0.3) is 6.08 Å². The van der Waals surface area contributed by atoms with Crippen molar-refractivity contribution in [1.29, 1.82) is 0 Å². The fourth-order valence-corrected chi connectivity index (χ4v) is 1.64. The van der Waals surface area contributed by atoms with Crippen molar-refractivity contribution in [2.24, 2.45) is 5.92 Å². The SMILES string of the molecule is CCC(=Cc1ccc(F)cc1F)CNCC(C)C. The van der Waals surface area contributed by atoms with Gasteiger partial charge < -0.3 is 5.32 Å². The molecule has 18 heavy (non-hydrogen) atoms. The van der Waals surface area contributed by atoms with Crippen molar-refractivity contribution < 1.29 is 8.78 Å². The number of hydrogen-bond donors (Lipinski definition) is 1. The first kappa shape index (κ1) is 14.8.